The van der Waals surface area contributed by atoms with Gasteiger partial charge in [-0.2, -0.15) is 0 Å². The van der Waals surface area contributed by atoms with Crippen LogP contribution in [0.2, 0.25) is 0 Å². The molecule has 6 heteroatoms. The lowest BCUT2D eigenvalue weighted by atomic mass is 9.96. The molecule has 0 amide bonds. The maximum atomic E-state index is 5.83. The van der Waals surface area contributed by atoms with Crippen LogP contribution >= 0.6 is 12.2 Å². The van der Waals surface area contributed by atoms with Crippen LogP contribution in [0.1, 0.15) is 46.7 Å². The van der Waals surface area contributed by atoms with Gasteiger partial charge in [-0.25, -0.2) is 0 Å². The Hall–Kier alpha value is -2.70. The molecule has 168 valence electrons. The number of pyridine rings is 1. The number of thiocarbonyl (C=S) groups is 1. The predicted octanol–water partition coefficient (Wildman–Crippen LogP) is 4.72. The van der Waals surface area contributed by atoms with E-state index in [-0.39, 0.29) is 12.1 Å². The summed E-state index contributed by atoms with van der Waals surface area (Å²) in [5.41, 5.74) is 7.27. The molecule has 0 saturated carbocycles. The maximum absolute atomic E-state index is 5.83. The van der Waals surface area contributed by atoms with Gasteiger partial charge < -0.3 is 19.7 Å². The third kappa shape index (κ3) is 4.43. The Kier molecular flexibility index (Phi) is 6.63. The minimum atomic E-state index is 0.0227. The topological polar surface area (TPSA) is 36.3 Å². The summed E-state index contributed by atoms with van der Waals surface area (Å²) < 4.78 is 2.36. The van der Waals surface area contributed by atoms with Gasteiger partial charge in [-0.3, -0.25) is 4.98 Å². The normalized spacial score (nSPS) is 18.4. The summed E-state index contributed by atoms with van der Waals surface area (Å²) in [5, 5.41) is 4.39. The van der Waals surface area contributed by atoms with Crippen LogP contribution in [-0.4, -0.2) is 51.6 Å². The van der Waals surface area contributed by atoms with Crippen molar-refractivity contribution in [2.24, 2.45) is 0 Å². The highest BCUT2D eigenvalue weighted by atomic mass is 32.1. The Balaban J connectivity index is 1.77. The first-order valence-corrected chi connectivity index (χ1v) is 11.7. The van der Waals surface area contributed by atoms with Gasteiger partial charge in [0.2, 0.25) is 0 Å². The maximum Gasteiger partial charge on any atom is 0.170 e. The van der Waals surface area contributed by atoms with Crippen molar-refractivity contribution in [3.05, 3.63) is 82.9 Å². The smallest absolute Gasteiger partial charge is 0.170 e. The van der Waals surface area contributed by atoms with E-state index in [0.717, 1.165) is 30.3 Å². The van der Waals surface area contributed by atoms with Crippen molar-refractivity contribution in [3.63, 3.8) is 0 Å². The zero-order valence-electron chi connectivity index (χ0n) is 19.7. The third-order valence-electron chi connectivity index (χ3n) is 6.25. The van der Waals surface area contributed by atoms with E-state index in [2.05, 4.69) is 102 Å². The van der Waals surface area contributed by atoms with E-state index in [4.69, 9.17) is 12.2 Å². The van der Waals surface area contributed by atoms with Crippen LogP contribution < -0.4 is 5.32 Å². The molecule has 0 unspecified atom stereocenters. The van der Waals surface area contributed by atoms with Crippen LogP contribution in [0, 0.1) is 20.8 Å². The highest BCUT2D eigenvalue weighted by molar-refractivity contribution is 7.80. The van der Waals surface area contributed by atoms with Crippen molar-refractivity contribution in [2.75, 3.05) is 27.2 Å². The Morgan fingerprint density at radius 2 is 1.88 bits per heavy atom. The molecule has 1 N–H and O–H groups in total. The van der Waals surface area contributed by atoms with Gasteiger partial charge in [0.05, 0.1) is 17.8 Å². The fourth-order valence-corrected chi connectivity index (χ4v) is 5.13. The van der Waals surface area contributed by atoms with Crippen LogP contribution in [0.25, 0.3) is 5.69 Å². The quantitative estimate of drug-likeness (QED) is 0.530. The average Bonchev–Trinajstić information content (AvgIpc) is 3.24. The number of hydrogen-bond acceptors (Lipinski definition) is 3. The Morgan fingerprint density at radius 3 is 2.56 bits per heavy atom. The summed E-state index contributed by atoms with van der Waals surface area (Å²) in [6.07, 6.45) is 2.92. The molecule has 1 aromatic carbocycles. The van der Waals surface area contributed by atoms with Crippen molar-refractivity contribution >= 4 is 17.3 Å². The van der Waals surface area contributed by atoms with Gasteiger partial charge in [0.25, 0.3) is 0 Å². The minimum absolute atomic E-state index is 0.0227. The molecule has 1 aliphatic rings. The molecule has 0 bridgehead atoms. The summed E-state index contributed by atoms with van der Waals surface area (Å²) in [6, 6.07) is 17.2. The number of nitrogens with zero attached hydrogens (tertiary/aromatic N) is 4. The van der Waals surface area contributed by atoms with E-state index in [1.54, 1.807) is 0 Å². The molecule has 5 nitrogen and oxygen atoms in total. The molecule has 4 rings (SSSR count). The molecular weight excluding hydrogens is 414 g/mol. The molecule has 0 radical (unpaired) electrons. The van der Waals surface area contributed by atoms with Crippen molar-refractivity contribution in [1.29, 1.82) is 0 Å². The van der Waals surface area contributed by atoms with Gasteiger partial charge in [0, 0.05) is 29.8 Å². The van der Waals surface area contributed by atoms with E-state index in [0.29, 0.717) is 0 Å². The van der Waals surface area contributed by atoms with Crippen LogP contribution in [0.3, 0.4) is 0 Å². The number of hydrogen-bond donors (Lipinski definition) is 1. The second-order valence-electron chi connectivity index (χ2n) is 8.98. The molecule has 32 heavy (non-hydrogen) atoms. The lowest BCUT2D eigenvalue weighted by molar-refractivity contribution is 0.292. The lowest BCUT2D eigenvalue weighted by Gasteiger charge is -2.28. The molecule has 0 spiro atoms. The second kappa shape index (κ2) is 9.43. The van der Waals surface area contributed by atoms with Gasteiger partial charge in [-0.1, -0.05) is 18.2 Å². The zero-order chi connectivity index (χ0) is 22.8. The van der Waals surface area contributed by atoms with E-state index < -0.39 is 0 Å². The summed E-state index contributed by atoms with van der Waals surface area (Å²) in [4.78, 5) is 9.26. The minimum Gasteiger partial charge on any atom is -0.352 e. The fraction of sp³-hybridized carbons (Fsp3) is 0.385. The number of benzene rings is 1. The molecule has 1 fully saturated rings. The number of aryl methyl sites for hydroxylation is 2. The molecule has 0 aliphatic carbocycles. The monoisotopic (exact) mass is 447 g/mol. The molecular formula is C26H33N5S. The Labute approximate surface area is 197 Å². The molecule has 1 saturated heterocycles. The summed E-state index contributed by atoms with van der Waals surface area (Å²) >= 11 is 5.83. The van der Waals surface area contributed by atoms with Crippen molar-refractivity contribution < 1.29 is 0 Å². The molecule has 3 heterocycles. The van der Waals surface area contributed by atoms with Crippen molar-refractivity contribution in [1.82, 2.24) is 24.7 Å². The molecule has 2 atom stereocenters. The Morgan fingerprint density at radius 1 is 1.06 bits per heavy atom. The molecule has 2 aromatic heterocycles. The van der Waals surface area contributed by atoms with Gasteiger partial charge in [-0.05, 0) is 102 Å². The van der Waals surface area contributed by atoms with Crippen LogP contribution in [0.4, 0.5) is 0 Å². The number of aromatic nitrogens is 2. The lowest BCUT2D eigenvalue weighted by Crippen LogP contribution is -2.32. The van der Waals surface area contributed by atoms with Crippen LogP contribution in [-0.2, 0) is 0 Å². The van der Waals surface area contributed by atoms with Crippen molar-refractivity contribution in [3.8, 4) is 5.69 Å². The van der Waals surface area contributed by atoms with E-state index in [1.165, 1.54) is 28.2 Å². The first kappa shape index (κ1) is 22.5. The summed E-state index contributed by atoms with van der Waals surface area (Å²) in [5.74, 6) is 0. The highest BCUT2D eigenvalue weighted by Gasteiger charge is 2.41. The Bertz CT molecular complexity index is 1090. The van der Waals surface area contributed by atoms with Crippen LogP contribution in [0.15, 0.2) is 54.7 Å². The SMILES string of the molecule is Cc1cccc(-n2c(C)cc([C@H]3[C@H](c4ccccn4)NC(=S)N3CCCN(C)C)c2C)c1. The largest absolute Gasteiger partial charge is 0.352 e. The van der Waals surface area contributed by atoms with Gasteiger partial charge in [0.15, 0.2) is 5.11 Å². The number of nitrogens with one attached hydrogen (secondary N) is 1. The molecule has 3 aromatic rings. The van der Waals surface area contributed by atoms with E-state index in [1.807, 2.05) is 12.3 Å². The zero-order valence-corrected chi connectivity index (χ0v) is 20.5. The van der Waals surface area contributed by atoms with Gasteiger partial charge in [0.1, 0.15) is 0 Å². The van der Waals surface area contributed by atoms with Gasteiger partial charge >= 0.3 is 0 Å². The summed E-state index contributed by atoms with van der Waals surface area (Å²) in [6.45, 7) is 8.49. The second-order valence-corrected chi connectivity index (χ2v) is 9.36. The highest BCUT2D eigenvalue weighted by Crippen LogP contribution is 2.41. The summed E-state index contributed by atoms with van der Waals surface area (Å²) in [7, 11) is 4.23. The first-order valence-electron chi connectivity index (χ1n) is 11.3. The van der Waals surface area contributed by atoms with Crippen LogP contribution in [0.5, 0.6) is 0 Å². The standard InChI is InChI=1S/C26H33N5S/c1-18-10-8-11-21(16-18)31-19(2)17-22(20(31)3)25-24(23-12-6-7-13-27-23)28-26(32)30(25)15-9-14-29(4)5/h6-8,10-13,16-17,24-25H,9,14-15H2,1-5H3,(H,28,32)/t24-,25-/m0/s1. The van der Waals surface area contributed by atoms with E-state index in [9.17, 15) is 0 Å². The fourth-order valence-electron chi connectivity index (χ4n) is 4.79. The first-order chi connectivity index (χ1) is 15.4. The van der Waals surface area contributed by atoms with Gasteiger partial charge in [-0.15, -0.1) is 0 Å². The third-order valence-corrected chi connectivity index (χ3v) is 6.60. The predicted molar refractivity (Wildman–Crippen MR) is 135 cm³/mol. The van der Waals surface area contributed by atoms with E-state index >= 15 is 0 Å². The molecule has 1 aliphatic heterocycles. The number of rotatable bonds is 7. The average molecular weight is 448 g/mol. The van der Waals surface area contributed by atoms with Crippen molar-refractivity contribution in [2.45, 2.75) is 39.3 Å².